The molecule has 0 atom stereocenters. The molecule has 0 aliphatic carbocycles. The molecule has 0 aliphatic heterocycles. The summed E-state index contributed by atoms with van der Waals surface area (Å²) in [5, 5.41) is 16.0. The first kappa shape index (κ1) is 18.2. The number of para-hydroxylation sites is 3. The molecular weight excluding hydrogens is 342 g/mol. The van der Waals surface area contributed by atoms with Gasteiger partial charge < -0.3 is 19.9 Å². The van der Waals surface area contributed by atoms with E-state index in [1.807, 2.05) is 24.3 Å². The Morgan fingerprint density at radius 2 is 1.88 bits per heavy atom. The van der Waals surface area contributed by atoms with Crippen LogP contribution in [0, 0.1) is 0 Å². The third-order valence-corrected chi connectivity index (χ3v) is 3.19. The summed E-state index contributed by atoms with van der Waals surface area (Å²) in [5.74, 6) is 0.0224. The summed E-state index contributed by atoms with van der Waals surface area (Å²) < 4.78 is 10.4. The van der Waals surface area contributed by atoms with Gasteiger partial charge in [0.25, 0.3) is 0 Å². The Bertz CT molecular complexity index is 780. The molecule has 0 radical (unpaired) electrons. The van der Waals surface area contributed by atoms with Crippen LogP contribution in [-0.2, 0) is 4.79 Å². The fourth-order valence-corrected chi connectivity index (χ4v) is 2.08. The van der Waals surface area contributed by atoms with Gasteiger partial charge in [-0.1, -0.05) is 24.3 Å². The van der Waals surface area contributed by atoms with Crippen molar-refractivity contribution in [2.24, 2.45) is 5.10 Å². The first-order valence-corrected chi connectivity index (χ1v) is 7.67. The number of nitrogens with one attached hydrogen (secondary N) is 2. The summed E-state index contributed by atoms with van der Waals surface area (Å²) in [7, 11) is 1.57. The van der Waals surface area contributed by atoms with Crippen LogP contribution >= 0.6 is 12.2 Å². The quantitative estimate of drug-likeness (QED) is 0.397. The molecule has 0 bridgehead atoms. The molecule has 0 aliphatic rings. The third-order valence-electron chi connectivity index (χ3n) is 3.00. The lowest BCUT2D eigenvalue weighted by atomic mass is 10.2. The number of anilines is 1. The minimum Gasteiger partial charge on any atom is -0.495 e. The van der Waals surface area contributed by atoms with Gasteiger partial charge in [0.2, 0.25) is 0 Å². The Kier molecular flexibility index (Phi) is 6.73. The highest BCUT2D eigenvalue weighted by molar-refractivity contribution is 7.80. The molecule has 0 aromatic heterocycles. The first-order valence-electron chi connectivity index (χ1n) is 7.27. The van der Waals surface area contributed by atoms with Crippen LogP contribution < -0.4 is 20.2 Å². The molecule has 25 heavy (non-hydrogen) atoms. The van der Waals surface area contributed by atoms with E-state index in [0.29, 0.717) is 22.7 Å². The van der Waals surface area contributed by atoms with Crippen LogP contribution in [0.4, 0.5) is 5.69 Å². The van der Waals surface area contributed by atoms with Crippen LogP contribution in [-0.4, -0.2) is 36.1 Å². The van der Waals surface area contributed by atoms with Crippen molar-refractivity contribution in [3.05, 3.63) is 54.1 Å². The summed E-state index contributed by atoms with van der Waals surface area (Å²) in [6.45, 7) is -0.425. The number of nitrogens with zero attached hydrogens (tertiary/aromatic N) is 1. The largest absolute Gasteiger partial charge is 0.495 e. The van der Waals surface area contributed by atoms with Gasteiger partial charge in [-0.3, -0.25) is 5.43 Å². The fourth-order valence-electron chi connectivity index (χ4n) is 1.92. The highest BCUT2D eigenvalue weighted by atomic mass is 32.1. The number of aliphatic carboxylic acids is 1. The Labute approximate surface area is 150 Å². The maximum absolute atomic E-state index is 10.6. The van der Waals surface area contributed by atoms with Gasteiger partial charge in [-0.25, -0.2) is 4.79 Å². The van der Waals surface area contributed by atoms with Gasteiger partial charge in [0.05, 0.1) is 19.0 Å². The molecule has 0 saturated heterocycles. The lowest BCUT2D eigenvalue weighted by Crippen LogP contribution is -2.24. The minimum absolute atomic E-state index is 0.282. The van der Waals surface area contributed by atoms with Crippen molar-refractivity contribution in [1.82, 2.24) is 5.43 Å². The molecular formula is C17H17N3O4S. The maximum Gasteiger partial charge on any atom is 0.341 e. The van der Waals surface area contributed by atoms with Crippen molar-refractivity contribution in [3.63, 3.8) is 0 Å². The Balaban J connectivity index is 1.96. The number of thiocarbonyl (C=S) groups is 1. The molecule has 0 spiro atoms. The highest BCUT2D eigenvalue weighted by Gasteiger charge is 2.05. The van der Waals surface area contributed by atoms with E-state index < -0.39 is 12.6 Å². The molecule has 7 nitrogen and oxygen atoms in total. The number of hydrazone groups is 1. The predicted molar refractivity (Wildman–Crippen MR) is 99.5 cm³/mol. The average molecular weight is 359 g/mol. The smallest absolute Gasteiger partial charge is 0.341 e. The Hall–Kier alpha value is -3.13. The fraction of sp³-hybridized carbons (Fsp3) is 0.118. The van der Waals surface area contributed by atoms with Gasteiger partial charge in [0.1, 0.15) is 11.5 Å². The SMILES string of the molecule is COc1ccccc1NC(=S)N/N=C/c1ccccc1OCC(=O)O. The van der Waals surface area contributed by atoms with E-state index in [2.05, 4.69) is 15.8 Å². The monoisotopic (exact) mass is 359 g/mol. The number of methoxy groups -OCH3 is 1. The minimum atomic E-state index is -1.05. The Morgan fingerprint density at radius 1 is 1.20 bits per heavy atom. The van der Waals surface area contributed by atoms with Crippen LogP contribution in [0.15, 0.2) is 53.6 Å². The topological polar surface area (TPSA) is 92.2 Å². The number of carboxylic acid groups (broad SMARTS) is 1. The number of carbonyl (C=O) groups is 1. The number of benzene rings is 2. The molecule has 0 amide bonds. The molecule has 0 heterocycles. The van der Waals surface area contributed by atoms with E-state index >= 15 is 0 Å². The van der Waals surface area contributed by atoms with Crippen LogP contribution in [0.2, 0.25) is 0 Å². The Morgan fingerprint density at radius 3 is 2.60 bits per heavy atom. The second kappa shape index (κ2) is 9.24. The van der Waals surface area contributed by atoms with Crippen LogP contribution in [0.5, 0.6) is 11.5 Å². The van der Waals surface area contributed by atoms with E-state index in [4.69, 9.17) is 26.8 Å². The summed E-state index contributed by atoms with van der Waals surface area (Å²) in [6.07, 6.45) is 1.49. The molecule has 0 saturated carbocycles. The number of ether oxygens (including phenoxy) is 2. The third kappa shape index (κ3) is 5.78. The van der Waals surface area contributed by atoms with Crippen LogP contribution in [0.3, 0.4) is 0 Å². The van der Waals surface area contributed by atoms with E-state index in [1.54, 1.807) is 31.4 Å². The average Bonchev–Trinajstić information content (AvgIpc) is 2.61. The molecule has 2 aromatic rings. The van der Waals surface area contributed by atoms with E-state index in [-0.39, 0.29) is 5.11 Å². The van der Waals surface area contributed by atoms with E-state index in [9.17, 15) is 4.79 Å². The van der Waals surface area contributed by atoms with Crippen molar-refractivity contribution < 1.29 is 19.4 Å². The maximum atomic E-state index is 10.6. The number of rotatable bonds is 7. The number of hydrogen-bond acceptors (Lipinski definition) is 5. The van der Waals surface area contributed by atoms with Crippen molar-refractivity contribution in [2.75, 3.05) is 19.0 Å². The lowest BCUT2D eigenvalue weighted by Gasteiger charge is -2.11. The van der Waals surface area contributed by atoms with Gasteiger partial charge in [0, 0.05) is 5.56 Å². The van der Waals surface area contributed by atoms with Crippen molar-refractivity contribution in [3.8, 4) is 11.5 Å². The first-order chi connectivity index (χ1) is 12.1. The van der Waals surface area contributed by atoms with Crippen molar-refractivity contribution >= 4 is 35.2 Å². The molecule has 130 valence electrons. The summed E-state index contributed by atoms with van der Waals surface area (Å²) >= 11 is 5.18. The zero-order chi connectivity index (χ0) is 18.1. The van der Waals surface area contributed by atoms with Gasteiger partial charge >= 0.3 is 5.97 Å². The number of carboxylic acids is 1. The standard InChI is InChI=1S/C17H17N3O4S/c1-23-15-9-5-3-7-13(15)19-17(25)20-18-10-12-6-2-4-8-14(12)24-11-16(21)22/h2-10H,11H2,1H3,(H,21,22)(H2,19,20,25)/b18-10+. The van der Waals surface area contributed by atoms with Crippen molar-refractivity contribution in [1.29, 1.82) is 0 Å². The van der Waals surface area contributed by atoms with E-state index in [0.717, 1.165) is 0 Å². The zero-order valence-corrected chi connectivity index (χ0v) is 14.2. The zero-order valence-electron chi connectivity index (χ0n) is 13.4. The molecule has 2 rings (SSSR count). The normalized spacial score (nSPS) is 10.3. The molecule has 0 unspecified atom stereocenters. The lowest BCUT2D eigenvalue weighted by molar-refractivity contribution is -0.139. The van der Waals surface area contributed by atoms with Crippen molar-refractivity contribution in [2.45, 2.75) is 0 Å². The van der Waals surface area contributed by atoms with Gasteiger partial charge in [0.15, 0.2) is 11.7 Å². The highest BCUT2D eigenvalue weighted by Crippen LogP contribution is 2.22. The second-order valence-electron chi connectivity index (χ2n) is 4.74. The molecule has 8 heteroatoms. The van der Waals surface area contributed by atoms with Gasteiger partial charge in [-0.05, 0) is 36.5 Å². The summed E-state index contributed by atoms with van der Waals surface area (Å²) in [4.78, 5) is 10.6. The van der Waals surface area contributed by atoms with Crippen LogP contribution in [0.25, 0.3) is 0 Å². The number of hydrogen-bond donors (Lipinski definition) is 3. The molecule has 2 aromatic carbocycles. The second-order valence-corrected chi connectivity index (χ2v) is 5.15. The summed E-state index contributed by atoms with van der Waals surface area (Å²) in [6, 6.07) is 14.3. The molecule has 0 fully saturated rings. The van der Waals surface area contributed by atoms with Crippen LogP contribution in [0.1, 0.15) is 5.56 Å². The predicted octanol–water partition coefficient (Wildman–Crippen LogP) is 2.48. The van der Waals surface area contributed by atoms with E-state index in [1.165, 1.54) is 6.21 Å². The summed E-state index contributed by atoms with van der Waals surface area (Å²) in [5.41, 5.74) is 4.02. The van der Waals surface area contributed by atoms with Gasteiger partial charge in [-0.2, -0.15) is 5.10 Å². The molecule has 3 N–H and O–H groups in total. The van der Waals surface area contributed by atoms with Gasteiger partial charge in [-0.15, -0.1) is 0 Å².